The number of likely N-dealkylation sites (tertiary alicyclic amines) is 1. The van der Waals surface area contributed by atoms with Gasteiger partial charge in [-0.05, 0) is 38.2 Å². The molecule has 0 saturated carbocycles. The first-order chi connectivity index (χ1) is 10.3. The van der Waals surface area contributed by atoms with E-state index in [1.807, 2.05) is 31.1 Å². The Morgan fingerprint density at radius 1 is 1.41 bits per heavy atom. The van der Waals surface area contributed by atoms with Crippen LogP contribution in [0.2, 0.25) is 5.02 Å². The van der Waals surface area contributed by atoms with Gasteiger partial charge in [-0.1, -0.05) is 23.7 Å². The molecule has 2 rings (SSSR count). The van der Waals surface area contributed by atoms with Crippen molar-refractivity contribution < 1.29 is 15.0 Å². The molecule has 1 aliphatic heterocycles. The third-order valence-electron chi connectivity index (χ3n) is 3.97. The highest BCUT2D eigenvalue weighted by Crippen LogP contribution is 2.23. The van der Waals surface area contributed by atoms with Crippen molar-refractivity contribution in [2.24, 2.45) is 0 Å². The highest BCUT2D eigenvalue weighted by atomic mass is 35.5. The van der Waals surface area contributed by atoms with Gasteiger partial charge in [0.1, 0.15) is 5.60 Å². The zero-order valence-corrected chi connectivity index (χ0v) is 13.8. The van der Waals surface area contributed by atoms with E-state index in [1.165, 1.54) is 0 Å². The Labute approximate surface area is 136 Å². The van der Waals surface area contributed by atoms with Gasteiger partial charge in [-0.15, -0.1) is 0 Å². The van der Waals surface area contributed by atoms with E-state index in [-0.39, 0.29) is 18.9 Å². The normalized spacial score (nSPS) is 25.5. The van der Waals surface area contributed by atoms with Crippen LogP contribution in [0, 0.1) is 0 Å². The van der Waals surface area contributed by atoms with Crippen LogP contribution in [0.25, 0.3) is 0 Å². The number of carbonyl (C=O) groups excluding carboxylic acids is 1. The number of aliphatic hydroxyl groups is 2. The Morgan fingerprint density at radius 2 is 2.05 bits per heavy atom. The predicted octanol–water partition coefficient (Wildman–Crippen LogP) is 0.768. The molecule has 0 spiro atoms. The number of hydrogen-bond acceptors (Lipinski definition) is 4. The van der Waals surface area contributed by atoms with E-state index in [1.54, 1.807) is 17.0 Å². The standard InChI is InChI=1S/C16H23ClN2O3/c1-18(2)10-16(22)11-19(8-7-14(16)20)15(21)9-12-3-5-13(17)6-4-12/h3-6,14,20,22H,7-11H2,1-2H3/t14-,16+/m1/s1. The quantitative estimate of drug-likeness (QED) is 0.858. The zero-order chi connectivity index (χ0) is 16.3. The van der Waals surface area contributed by atoms with Crippen molar-refractivity contribution in [2.45, 2.75) is 24.5 Å². The third-order valence-corrected chi connectivity index (χ3v) is 4.22. The lowest BCUT2D eigenvalue weighted by atomic mass is 9.89. The number of rotatable bonds is 4. The smallest absolute Gasteiger partial charge is 0.227 e. The molecule has 22 heavy (non-hydrogen) atoms. The third kappa shape index (κ3) is 4.20. The van der Waals surface area contributed by atoms with Crippen LogP contribution in [-0.4, -0.2) is 71.4 Å². The summed E-state index contributed by atoms with van der Waals surface area (Å²) in [6.07, 6.45) is -0.156. The Hall–Kier alpha value is -1.14. The number of hydrogen-bond donors (Lipinski definition) is 2. The molecule has 1 fully saturated rings. The summed E-state index contributed by atoms with van der Waals surface area (Å²) in [6, 6.07) is 7.16. The molecule has 2 N–H and O–H groups in total. The van der Waals surface area contributed by atoms with Crippen molar-refractivity contribution in [3.05, 3.63) is 34.9 Å². The van der Waals surface area contributed by atoms with Gasteiger partial charge in [0.05, 0.1) is 19.1 Å². The van der Waals surface area contributed by atoms with Gasteiger partial charge in [-0.2, -0.15) is 0 Å². The summed E-state index contributed by atoms with van der Waals surface area (Å²) in [6.45, 7) is 0.932. The lowest BCUT2D eigenvalue weighted by Gasteiger charge is -2.43. The summed E-state index contributed by atoms with van der Waals surface area (Å²) < 4.78 is 0. The molecule has 0 radical (unpaired) electrons. The van der Waals surface area contributed by atoms with Crippen LogP contribution in [0.15, 0.2) is 24.3 Å². The molecule has 0 aliphatic carbocycles. The SMILES string of the molecule is CN(C)C[C@]1(O)CN(C(=O)Cc2ccc(Cl)cc2)CC[C@H]1O. The molecule has 1 amide bonds. The van der Waals surface area contributed by atoms with Crippen molar-refractivity contribution in [3.8, 4) is 0 Å². The number of aliphatic hydroxyl groups excluding tert-OH is 1. The minimum absolute atomic E-state index is 0.0496. The monoisotopic (exact) mass is 326 g/mol. The van der Waals surface area contributed by atoms with Crippen molar-refractivity contribution >= 4 is 17.5 Å². The van der Waals surface area contributed by atoms with Crippen molar-refractivity contribution in [2.75, 3.05) is 33.7 Å². The van der Waals surface area contributed by atoms with E-state index in [0.717, 1.165) is 5.56 Å². The number of amides is 1. The molecule has 1 aliphatic rings. The first-order valence-corrected chi connectivity index (χ1v) is 7.75. The summed E-state index contributed by atoms with van der Waals surface area (Å²) >= 11 is 5.84. The average molecular weight is 327 g/mol. The topological polar surface area (TPSA) is 64.0 Å². The molecule has 2 atom stereocenters. The van der Waals surface area contributed by atoms with Crippen LogP contribution in [0.1, 0.15) is 12.0 Å². The van der Waals surface area contributed by atoms with E-state index in [2.05, 4.69) is 0 Å². The minimum atomic E-state index is -1.28. The van der Waals surface area contributed by atoms with Crippen LogP contribution in [0.4, 0.5) is 0 Å². The molecular weight excluding hydrogens is 304 g/mol. The van der Waals surface area contributed by atoms with Gasteiger partial charge in [0.25, 0.3) is 0 Å². The fourth-order valence-electron chi connectivity index (χ4n) is 2.87. The molecule has 1 aromatic carbocycles. The molecule has 1 heterocycles. The second-order valence-corrected chi connectivity index (χ2v) is 6.70. The molecule has 122 valence electrons. The van der Waals surface area contributed by atoms with Crippen LogP contribution in [0.3, 0.4) is 0 Å². The Kier molecular flexibility index (Phi) is 5.45. The van der Waals surface area contributed by atoms with Crippen molar-refractivity contribution in [1.29, 1.82) is 0 Å². The Bertz CT molecular complexity index is 521. The number of halogens is 1. The van der Waals surface area contributed by atoms with Gasteiger partial charge in [0, 0.05) is 18.1 Å². The molecule has 0 unspecified atom stereocenters. The van der Waals surface area contributed by atoms with Gasteiger partial charge >= 0.3 is 0 Å². The van der Waals surface area contributed by atoms with Gasteiger partial charge in [0.2, 0.25) is 5.91 Å². The number of nitrogens with zero attached hydrogens (tertiary/aromatic N) is 2. The van der Waals surface area contributed by atoms with Gasteiger partial charge in [0.15, 0.2) is 0 Å². The molecule has 1 aromatic rings. The molecule has 0 aromatic heterocycles. The van der Waals surface area contributed by atoms with E-state index in [9.17, 15) is 15.0 Å². The summed E-state index contributed by atoms with van der Waals surface area (Å²) in [5, 5.41) is 21.3. The Morgan fingerprint density at radius 3 is 2.64 bits per heavy atom. The van der Waals surface area contributed by atoms with E-state index in [0.29, 0.717) is 24.5 Å². The summed E-state index contributed by atoms with van der Waals surface area (Å²) in [4.78, 5) is 15.9. The lowest BCUT2D eigenvalue weighted by molar-refractivity contribution is -0.154. The van der Waals surface area contributed by atoms with E-state index >= 15 is 0 Å². The van der Waals surface area contributed by atoms with Gasteiger partial charge in [-0.25, -0.2) is 0 Å². The summed E-state index contributed by atoms with van der Waals surface area (Å²) in [5.74, 6) is -0.0496. The summed E-state index contributed by atoms with van der Waals surface area (Å²) in [7, 11) is 3.67. The van der Waals surface area contributed by atoms with Crippen molar-refractivity contribution in [1.82, 2.24) is 9.80 Å². The summed E-state index contributed by atoms with van der Waals surface area (Å²) in [5.41, 5.74) is -0.395. The van der Waals surface area contributed by atoms with Crippen LogP contribution in [-0.2, 0) is 11.2 Å². The van der Waals surface area contributed by atoms with Crippen molar-refractivity contribution in [3.63, 3.8) is 0 Å². The van der Waals surface area contributed by atoms with Crippen LogP contribution in [0.5, 0.6) is 0 Å². The fraction of sp³-hybridized carbons (Fsp3) is 0.562. The molecule has 5 nitrogen and oxygen atoms in total. The average Bonchev–Trinajstić information content (AvgIpc) is 2.43. The molecule has 0 bridgehead atoms. The molecular formula is C16H23ClN2O3. The maximum absolute atomic E-state index is 12.4. The number of likely N-dealkylation sites (N-methyl/N-ethyl adjacent to an activating group) is 1. The lowest BCUT2D eigenvalue weighted by Crippen LogP contribution is -2.62. The Balaban J connectivity index is 2.02. The minimum Gasteiger partial charge on any atom is -0.390 e. The first kappa shape index (κ1) is 17.2. The van der Waals surface area contributed by atoms with E-state index in [4.69, 9.17) is 11.6 Å². The maximum Gasteiger partial charge on any atom is 0.227 e. The molecule has 6 heteroatoms. The number of piperidine rings is 1. The van der Waals surface area contributed by atoms with Gasteiger partial charge in [-0.3, -0.25) is 4.79 Å². The number of carbonyl (C=O) groups is 1. The van der Waals surface area contributed by atoms with E-state index < -0.39 is 11.7 Å². The van der Waals surface area contributed by atoms with Gasteiger partial charge < -0.3 is 20.0 Å². The maximum atomic E-state index is 12.4. The second kappa shape index (κ2) is 6.96. The zero-order valence-electron chi connectivity index (χ0n) is 13.0. The predicted molar refractivity (Wildman–Crippen MR) is 85.9 cm³/mol. The highest BCUT2D eigenvalue weighted by molar-refractivity contribution is 6.30. The highest BCUT2D eigenvalue weighted by Gasteiger charge is 2.42. The van der Waals surface area contributed by atoms with Crippen LogP contribution >= 0.6 is 11.6 Å². The number of benzene rings is 1. The second-order valence-electron chi connectivity index (χ2n) is 6.26. The van der Waals surface area contributed by atoms with Crippen LogP contribution < -0.4 is 0 Å². The fourth-order valence-corrected chi connectivity index (χ4v) is 2.99. The molecule has 1 saturated heterocycles. The number of β-amino-alcohol motifs (C(OH)–C–C–N with tert-alkyl or cyclic N) is 1. The largest absolute Gasteiger partial charge is 0.390 e. The first-order valence-electron chi connectivity index (χ1n) is 7.37.